The van der Waals surface area contributed by atoms with Crippen LogP contribution in [-0.4, -0.2) is 20.2 Å². The number of hydrogen-bond acceptors (Lipinski definition) is 5. The quantitative estimate of drug-likeness (QED) is 0.937. The van der Waals surface area contributed by atoms with Gasteiger partial charge in [0.1, 0.15) is 11.5 Å². The monoisotopic (exact) mass is 294 g/mol. The number of nitrogens with one attached hydrogen (secondary N) is 1. The molecule has 0 fully saturated rings. The summed E-state index contributed by atoms with van der Waals surface area (Å²) in [6.07, 6.45) is 1.72. The van der Waals surface area contributed by atoms with Crippen molar-refractivity contribution in [1.29, 1.82) is 0 Å². The summed E-state index contributed by atoms with van der Waals surface area (Å²) in [4.78, 5) is 0.197. The van der Waals surface area contributed by atoms with Gasteiger partial charge in [0, 0.05) is 6.07 Å². The highest BCUT2D eigenvalue weighted by Gasteiger charge is 2.19. The van der Waals surface area contributed by atoms with Crippen molar-refractivity contribution in [3.8, 4) is 5.75 Å². The van der Waals surface area contributed by atoms with Crippen molar-refractivity contribution in [2.75, 3.05) is 11.3 Å². The van der Waals surface area contributed by atoms with Gasteiger partial charge in [-0.25, -0.2) is 8.42 Å². The van der Waals surface area contributed by atoms with Crippen LogP contribution in [0.5, 0.6) is 5.75 Å². The zero-order valence-electron chi connectivity index (χ0n) is 10.9. The summed E-state index contributed by atoms with van der Waals surface area (Å²) < 4.78 is 37.2. The summed E-state index contributed by atoms with van der Waals surface area (Å²) in [7, 11) is -3.66. The minimum Gasteiger partial charge on any atom is -0.493 e. The number of hydrogen-bond donors (Lipinski definition) is 1. The molecule has 1 aromatic heterocycles. The van der Waals surface area contributed by atoms with Gasteiger partial charge in [0.25, 0.3) is 10.0 Å². The molecule has 1 aliphatic heterocycles. The molecule has 0 bridgehead atoms. The first-order valence-electron chi connectivity index (χ1n) is 6.26. The van der Waals surface area contributed by atoms with Crippen LogP contribution in [-0.2, 0) is 16.4 Å². The highest BCUT2D eigenvalue weighted by molar-refractivity contribution is 7.92. The van der Waals surface area contributed by atoms with Gasteiger partial charge < -0.3 is 9.26 Å². The van der Waals surface area contributed by atoms with Gasteiger partial charge in [-0.2, -0.15) is 0 Å². The standard InChI is InChI=1S/C13H14N2O4S/c1-9-7-13(14-19-9)15-20(16,17)11-4-5-12-10(8-11)3-2-6-18-12/h4-5,7-8H,2-3,6H2,1H3,(H,14,15). The van der Waals surface area contributed by atoms with Crippen molar-refractivity contribution in [2.45, 2.75) is 24.7 Å². The Morgan fingerprint density at radius 1 is 1.30 bits per heavy atom. The van der Waals surface area contributed by atoms with Gasteiger partial charge in [-0.3, -0.25) is 4.72 Å². The van der Waals surface area contributed by atoms with E-state index in [-0.39, 0.29) is 10.7 Å². The van der Waals surface area contributed by atoms with Crippen molar-refractivity contribution >= 4 is 15.8 Å². The van der Waals surface area contributed by atoms with Crippen LogP contribution < -0.4 is 9.46 Å². The van der Waals surface area contributed by atoms with E-state index in [1.54, 1.807) is 19.1 Å². The van der Waals surface area contributed by atoms with Gasteiger partial charge in [0.2, 0.25) is 0 Å². The molecule has 0 aliphatic carbocycles. The van der Waals surface area contributed by atoms with E-state index in [0.717, 1.165) is 24.2 Å². The van der Waals surface area contributed by atoms with Crippen molar-refractivity contribution in [2.24, 2.45) is 0 Å². The number of rotatable bonds is 3. The topological polar surface area (TPSA) is 81.4 Å². The van der Waals surface area contributed by atoms with E-state index < -0.39 is 10.0 Å². The van der Waals surface area contributed by atoms with E-state index >= 15 is 0 Å². The average Bonchev–Trinajstić information content (AvgIpc) is 2.83. The third-order valence-corrected chi connectivity index (χ3v) is 4.41. The fourth-order valence-electron chi connectivity index (χ4n) is 2.11. The predicted octanol–water partition coefficient (Wildman–Crippen LogP) is 2.11. The number of aryl methyl sites for hydroxylation is 2. The summed E-state index contributed by atoms with van der Waals surface area (Å²) in [6.45, 7) is 2.37. The van der Waals surface area contributed by atoms with Gasteiger partial charge in [0.05, 0.1) is 11.5 Å². The number of sulfonamides is 1. The molecule has 0 unspecified atom stereocenters. The van der Waals surface area contributed by atoms with Crippen molar-refractivity contribution in [1.82, 2.24) is 5.16 Å². The number of benzene rings is 1. The van der Waals surface area contributed by atoms with E-state index in [1.807, 2.05) is 0 Å². The maximum absolute atomic E-state index is 12.3. The summed E-state index contributed by atoms with van der Waals surface area (Å²) in [6, 6.07) is 6.39. The molecule has 6 nitrogen and oxygen atoms in total. The van der Waals surface area contributed by atoms with Crippen LogP contribution in [0.2, 0.25) is 0 Å². The van der Waals surface area contributed by atoms with E-state index in [2.05, 4.69) is 9.88 Å². The van der Waals surface area contributed by atoms with Gasteiger partial charge >= 0.3 is 0 Å². The molecule has 2 heterocycles. The predicted molar refractivity (Wildman–Crippen MR) is 72.3 cm³/mol. The Balaban J connectivity index is 1.91. The van der Waals surface area contributed by atoms with Crippen LogP contribution in [0.3, 0.4) is 0 Å². The molecule has 106 valence electrons. The van der Waals surface area contributed by atoms with Crippen LogP contribution in [0, 0.1) is 6.92 Å². The Bertz CT molecular complexity index is 737. The Hall–Kier alpha value is -2.02. The molecule has 0 saturated heterocycles. The maximum atomic E-state index is 12.3. The first-order chi connectivity index (χ1) is 9.54. The number of nitrogens with zero attached hydrogens (tertiary/aromatic N) is 1. The van der Waals surface area contributed by atoms with E-state index in [4.69, 9.17) is 9.26 Å². The molecule has 0 radical (unpaired) electrons. The summed E-state index contributed by atoms with van der Waals surface area (Å²) in [5, 5.41) is 3.62. The molecular weight excluding hydrogens is 280 g/mol. The van der Waals surface area contributed by atoms with E-state index in [9.17, 15) is 8.42 Å². The van der Waals surface area contributed by atoms with Gasteiger partial charge in [0.15, 0.2) is 5.82 Å². The van der Waals surface area contributed by atoms with Crippen LogP contribution >= 0.6 is 0 Å². The van der Waals surface area contributed by atoms with Crippen LogP contribution in [0.4, 0.5) is 5.82 Å². The van der Waals surface area contributed by atoms with Gasteiger partial charge in [-0.15, -0.1) is 0 Å². The molecule has 0 spiro atoms. The third-order valence-electron chi connectivity index (χ3n) is 3.06. The highest BCUT2D eigenvalue weighted by Crippen LogP contribution is 2.28. The SMILES string of the molecule is Cc1cc(NS(=O)(=O)c2ccc3c(c2)CCCO3)no1. The molecule has 1 N–H and O–H groups in total. The molecule has 1 aromatic carbocycles. The zero-order valence-corrected chi connectivity index (χ0v) is 11.7. The van der Waals surface area contributed by atoms with Gasteiger partial charge in [-0.1, -0.05) is 5.16 Å². The number of ether oxygens (including phenoxy) is 1. The average molecular weight is 294 g/mol. The number of fused-ring (bicyclic) bond motifs is 1. The lowest BCUT2D eigenvalue weighted by molar-refractivity contribution is 0.288. The van der Waals surface area contributed by atoms with E-state index in [0.29, 0.717) is 12.4 Å². The summed E-state index contributed by atoms with van der Waals surface area (Å²) in [5.74, 6) is 1.48. The minimum atomic E-state index is -3.66. The lowest BCUT2D eigenvalue weighted by atomic mass is 10.1. The Morgan fingerprint density at radius 3 is 2.90 bits per heavy atom. The van der Waals surface area contributed by atoms with Crippen molar-refractivity contribution in [3.63, 3.8) is 0 Å². The Labute approximate surface area is 116 Å². The second kappa shape index (κ2) is 4.82. The fourth-order valence-corrected chi connectivity index (χ4v) is 3.15. The Morgan fingerprint density at radius 2 is 2.15 bits per heavy atom. The lowest BCUT2D eigenvalue weighted by Crippen LogP contribution is -2.15. The second-order valence-electron chi connectivity index (χ2n) is 4.65. The van der Waals surface area contributed by atoms with Crippen LogP contribution in [0.25, 0.3) is 0 Å². The zero-order chi connectivity index (χ0) is 14.2. The largest absolute Gasteiger partial charge is 0.493 e. The third kappa shape index (κ3) is 2.49. The van der Waals surface area contributed by atoms with Crippen molar-refractivity contribution in [3.05, 3.63) is 35.6 Å². The first kappa shape index (κ1) is 13.0. The molecule has 20 heavy (non-hydrogen) atoms. The minimum absolute atomic E-state index is 0.177. The fraction of sp³-hybridized carbons (Fsp3) is 0.308. The van der Waals surface area contributed by atoms with Crippen LogP contribution in [0.15, 0.2) is 33.7 Å². The smallest absolute Gasteiger partial charge is 0.263 e. The van der Waals surface area contributed by atoms with Gasteiger partial charge in [-0.05, 0) is 43.5 Å². The second-order valence-corrected chi connectivity index (χ2v) is 6.33. The molecule has 1 aliphatic rings. The Kier molecular flexibility index (Phi) is 3.13. The van der Waals surface area contributed by atoms with E-state index in [1.165, 1.54) is 12.1 Å². The molecule has 0 saturated carbocycles. The molecular formula is C13H14N2O4S. The maximum Gasteiger partial charge on any atom is 0.263 e. The normalized spacial score (nSPS) is 14.4. The number of anilines is 1. The lowest BCUT2D eigenvalue weighted by Gasteiger charge is -2.17. The summed E-state index contributed by atoms with van der Waals surface area (Å²) in [5.41, 5.74) is 0.912. The molecule has 3 rings (SSSR count). The summed E-state index contributed by atoms with van der Waals surface area (Å²) >= 11 is 0. The molecule has 2 aromatic rings. The first-order valence-corrected chi connectivity index (χ1v) is 7.75. The van der Waals surface area contributed by atoms with Crippen LogP contribution in [0.1, 0.15) is 17.7 Å². The molecule has 7 heteroatoms. The molecule has 0 amide bonds. The molecule has 0 atom stereocenters. The highest BCUT2D eigenvalue weighted by atomic mass is 32.2. The number of aromatic nitrogens is 1. The van der Waals surface area contributed by atoms with Crippen molar-refractivity contribution < 1.29 is 17.7 Å².